The highest BCUT2D eigenvalue weighted by atomic mass is 16.5. The third-order valence-corrected chi connectivity index (χ3v) is 4.82. The molecule has 0 saturated carbocycles. The van der Waals surface area contributed by atoms with Crippen LogP contribution >= 0.6 is 0 Å². The van der Waals surface area contributed by atoms with Crippen molar-refractivity contribution in [3.63, 3.8) is 0 Å². The van der Waals surface area contributed by atoms with Crippen LogP contribution in [0.4, 0.5) is 5.69 Å². The number of ether oxygens (including phenoxy) is 2. The molecule has 0 spiro atoms. The van der Waals surface area contributed by atoms with Crippen LogP contribution < -0.4 is 15.2 Å². The predicted octanol–water partition coefficient (Wildman–Crippen LogP) is 6.56. The van der Waals surface area contributed by atoms with Gasteiger partial charge in [-0.25, -0.2) is 0 Å². The molecule has 1 aromatic carbocycles. The predicted molar refractivity (Wildman–Crippen MR) is 114 cm³/mol. The van der Waals surface area contributed by atoms with E-state index in [1.54, 1.807) is 12.1 Å². The number of nitrogens with two attached hydrogens (primary N) is 1. The van der Waals surface area contributed by atoms with Gasteiger partial charge in [-0.05, 0) is 25.0 Å². The summed E-state index contributed by atoms with van der Waals surface area (Å²) in [5.41, 5.74) is 6.97. The minimum atomic E-state index is 0.386. The van der Waals surface area contributed by atoms with Crippen molar-refractivity contribution in [3.05, 3.63) is 17.7 Å². The Hall–Kier alpha value is -1.71. The van der Waals surface area contributed by atoms with E-state index < -0.39 is 0 Å². The molecule has 154 valence electrons. The molecule has 0 radical (unpaired) electrons. The highest BCUT2D eigenvalue weighted by Crippen LogP contribution is 2.36. The lowest BCUT2D eigenvalue weighted by molar-refractivity contribution is 0.112. The summed E-state index contributed by atoms with van der Waals surface area (Å²) in [6, 6.07) is 3.50. The number of aldehydes is 1. The summed E-state index contributed by atoms with van der Waals surface area (Å²) >= 11 is 0. The Bertz CT molecular complexity index is 517. The van der Waals surface area contributed by atoms with E-state index in [4.69, 9.17) is 15.2 Å². The molecule has 1 aromatic rings. The minimum Gasteiger partial charge on any atom is -0.490 e. The quantitative estimate of drug-likeness (QED) is 0.190. The summed E-state index contributed by atoms with van der Waals surface area (Å²) < 4.78 is 11.8. The molecule has 0 bridgehead atoms. The third-order valence-electron chi connectivity index (χ3n) is 4.82. The van der Waals surface area contributed by atoms with E-state index in [2.05, 4.69) is 13.8 Å². The second-order valence-electron chi connectivity index (χ2n) is 7.25. The summed E-state index contributed by atoms with van der Waals surface area (Å²) in [4.78, 5) is 11.2. The van der Waals surface area contributed by atoms with E-state index >= 15 is 0 Å². The van der Waals surface area contributed by atoms with Crippen LogP contribution in [-0.2, 0) is 0 Å². The number of anilines is 1. The maximum Gasteiger partial charge on any atom is 0.184 e. The van der Waals surface area contributed by atoms with E-state index in [9.17, 15) is 4.79 Å². The first-order valence-corrected chi connectivity index (χ1v) is 10.9. The number of carbonyl (C=O) groups excluding carboxylic acids is 1. The Kier molecular flexibility index (Phi) is 13.3. The number of unbranched alkanes of at least 4 members (excludes halogenated alkanes) is 10. The van der Waals surface area contributed by atoms with Gasteiger partial charge < -0.3 is 15.2 Å². The fourth-order valence-corrected chi connectivity index (χ4v) is 3.08. The smallest absolute Gasteiger partial charge is 0.184 e. The Balaban J connectivity index is 2.46. The van der Waals surface area contributed by atoms with Crippen molar-refractivity contribution in [2.24, 2.45) is 0 Å². The average Bonchev–Trinajstić information content (AvgIpc) is 2.68. The summed E-state index contributed by atoms with van der Waals surface area (Å²) in [5.74, 6) is 1.18. The van der Waals surface area contributed by atoms with Gasteiger partial charge in [-0.3, -0.25) is 4.79 Å². The van der Waals surface area contributed by atoms with Crippen molar-refractivity contribution >= 4 is 12.0 Å². The fourth-order valence-electron chi connectivity index (χ4n) is 3.08. The lowest BCUT2D eigenvalue weighted by atomic mass is 10.1. The van der Waals surface area contributed by atoms with Crippen LogP contribution in [0.15, 0.2) is 12.1 Å². The summed E-state index contributed by atoms with van der Waals surface area (Å²) in [7, 11) is 0. The zero-order valence-corrected chi connectivity index (χ0v) is 17.4. The van der Waals surface area contributed by atoms with Gasteiger partial charge in [-0.15, -0.1) is 0 Å². The standard InChI is InChI=1S/C23H39NO3/c1-3-5-7-9-11-13-17-26-21-16-15-20(19-25)22(24)23(21)27-18-14-12-10-8-6-4-2/h15-16,19H,3-14,17-18,24H2,1-2H3. The normalized spacial score (nSPS) is 10.7. The molecule has 0 unspecified atom stereocenters. The number of rotatable bonds is 17. The van der Waals surface area contributed by atoms with Gasteiger partial charge in [0.15, 0.2) is 17.8 Å². The number of nitrogen functional groups attached to an aromatic ring is 1. The Morgan fingerprint density at radius 2 is 1.30 bits per heavy atom. The SMILES string of the molecule is CCCCCCCCOc1ccc(C=O)c(N)c1OCCCCCCCC. The van der Waals surface area contributed by atoms with Crippen molar-refractivity contribution in [3.8, 4) is 11.5 Å². The van der Waals surface area contributed by atoms with Crippen LogP contribution in [0.25, 0.3) is 0 Å². The molecule has 0 amide bonds. The van der Waals surface area contributed by atoms with Crippen LogP contribution in [0.1, 0.15) is 101 Å². The van der Waals surface area contributed by atoms with Crippen LogP contribution in [0, 0.1) is 0 Å². The zero-order valence-electron chi connectivity index (χ0n) is 17.4. The maximum atomic E-state index is 11.2. The lowest BCUT2D eigenvalue weighted by Crippen LogP contribution is -2.06. The molecule has 0 atom stereocenters. The molecule has 2 N–H and O–H groups in total. The third kappa shape index (κ3) is 9.69. The zero-order chi connectivity index (χ0) is 19.7. The summed E-state index contributed by atoms with van der Waals surface area (Å²) in [6.45, 7) is 5.70. The van der Waals surface area contributed by atoms with Crippen LogP contribution in [0.2, 0.25) is 0 Å². The molecule has 0 saturated heterocycles. The number of hydrogen-bond donors (Lipinski definition) is 1. The van der Waals surface area contributed by atoms with Gasteiger partial charge in [0.2, 0.25) is 0 Å². The number of carbonyl (C=O) groups is 1. The topological polar surface area (TPSA) is 61.5 Å². The first-order valence-electron chi connectivity index (χ1n) is 10.9. The van der Waals surface area contributed by atoms with Gasteiger partial charge in [0.05, 0.1) is 18.9 Å². The number of hydrogen-bond acceptors (Lipinski definition) is 4. The van der Waals surface area contributed by atoms with Crippen LogP contribution in [0.5, 0.6) is 11.5 Å². The molecule has 0 aromatic heterocycles. The first-order chi connectivity index (χ1) is 13.2. The Morgan fingerprint density at radius 1 is 0.778 bits per heavy atom. The molecule has 0 aliphatic carbocycles. The van der Waals surface area contributed by atoms with E-state index in [1.165, 1.54) is 57.8 Å². The maximum absolute atomic E-state index is 11.2. The summed E-state index contributed by atoms with van der Waals surface area (Å²) in [5, 5.41) is 0. The second kappa shape index (κ2) is 15.4. The van der Waals surface area contributed by atoms with Gasteiger partial charge in [-0.2, -0.15) is 0 Å². The first kappa shape index (κ1) is 23.3. The molecular formula is C23H39NO3. The molecule has 0 fully saturated rings. The highest BCUT2D eigenvalue weighted by Gasteiger charge is 2.13. The van der Waals surface area contributed by atoms with E-state index in [0.29, 0.717) is 36.0 Å². The van der Waals surface area contributed by atoms with Gasteiger partial charge in [0, 0.05) is 5.56 Å². The molecule has 4 nitrogen and oxygen atoms in total. The Labute approximate surface area is 165 Å². The largest absolute Gasteiger partial charge is 0.490 e. The van der Waals surface area contributed by atoms with E-state index in [1.807, 2.05) is 0 Å². The average molecular weight is 378 g/mol. The molecule has 1 rings (SSSR count). The monoisotopic (exact) mass is 377 g/mol. The molecule has 0 aliphatic rings. The van der Waals surface area contributed by atoms with Gasteiger partial charge in [0.25, 0.3) is 0 Å². The molecule has 27 heavy (non-hydrogen) atoms. The summed E-state index contributed by atoms with van der Waals surface area (Å²) in [6.07, 6.45) is 15.3. The molecule has 4 heteroatoms. The van der Waals surface area contributed by atoms with Crippen molar-refractivity contribution < 1.29 is 14.3 Å². The number of benzene rings is 1. The molecule has 0 heterocycles. The minimum absolute atomic E-state index is 0.386. The second-order valence-corrected chi connectivity index (χ2v) is 7.25. The van der Waals surface area contributed by atoms with Crippen LogP contribution in [0.3, 0.4) is 0 Å². The molecule has 0 aliphatic heterocycles. The van der Waals surface area contributed by atoms with Crippen molar-refractivity contribution in [2.45, 2.75) is 90.9 Å². The van der Waals surface area contributed by atoms with Gasteiger partial charge >= 0.3 is 0 Å². The van der Waals surface area contributed by atoms with Gasteiger partial charge in [0.1, 0.15) is 0 Å². The molecular weight excluding hydrogens is 338 g/mol. The lowest BCUT2D eigenvalue weighted by Gasteiger charge is -2.16. The van der Waals surface area contributed by atoms with E-state index in [-0.39, 0.29) is 0 Å². The van der Waals surface area contributed by atoms with Crippen molar-refractivity contribution in [1.29, 1.82) is 0 Å². The van der Waals surface area contributed by atoms with Crippen LogP contribution in [-0.4, -0.2) is 19.5 Å². The highest BCUT2D eigenvalue weighted by molar-refractivity contribution is 5.87. The van der Waals surface area contributed by atoms with Crippen molar-refractivity contribution in [2.75, 3.05) is 18.9 Å². The van der Waals surface area contributed by atoms with E-state index in [0.717, 1.165) is 25.5 Å². The fraction of sp³-hybridized carbons (Fsp3) is 0.696. The Morgan fingerprint density at radius 3 is 1.85 bits per heavy atom. The van der Waals surface area contributed by atoms with Crippen molar-refractivity contribution in [1.82, 2.24) is 0 Å². The van der Waals surface area contributed by atoms with Gasteiger partial charge in [-0.1, -0.05) is 78.1 Å².